The highest BCUT2D eigenvalue weighted by Crippen LogP contribution is 2.43. The maximum atomic E-state index is 12.5. The number of esters is 1. The average Bonchev–Trinajstić information content (AvgIpc) is 3.97. The van der Waals surface area contributed by atoms with Crippen molar-refractivity contribution in [3.63, 3.8) is 0 Å². The SMILES string of the molecule is CC1Cc2ccc(-c3ccccc3)c(Br)c2C1=O.CC1Cc2ccc(Br)c(OC(=O)C(F)(F)F)c2C1=O.O=C1c2c(Br)cccc2CC1C(F)(F)F.O=C1c2c(Cl)cccc2CC1C(F)(F)F. The van der Waals surface area contributed by atoms with E-state index < -0.39 is 47.9 Å². The molecule has 67 heavy (non-hydrogen) atoms. The first-order valence-electron chi connectivity index (χ1n) is 20.0. The molecule has 6 nitrogen and oxygen atoms in total. The standard InChI is InChI=1S/C16H13BrO.C12H8BrF3O3.C10H6BrF3O.C10H6ClF3O/c1-10-9-12-7-8-13(11-5-3-2-4-6-11)15(17)14(12)16(10)18;1-5-4-6-2-3-7(13)10(8(6)9(5)17)19-11(18)12(14,15)16;2*11-7-3-1-2-5-4-6(10(12,13)14)9(15)8(5)7/h2-8,10H,9H2,1H3;2-3,5H,4H2,1H3;2*1-3,6H,4H2. The number of carbonyl (C=O) groups excluding carboxylic acids is 5. The molecule has 4 aliphatic rings. The molecule has 0 heterocycles. The molecule has 0 amide bonds. The Morgan fingerprint density at radius 1 is 0.537 bits per heavy atom. The molecule has 4 atom stereocenters. The number of rotatable bonds is 2. The van der Waals surface area contributed by atoms with Gasteiger partial charge in [0, 0.05) is 37.5 Å². The summed E-state index contributed by atoms with van der Waals surface area (Å²) < 4.78 is 117. The molecule has 0 spiro atoms. The fourth-order valence-corrected chi connectivity index (χ4v) is 10.2. The lowest BCUT2D eigenvalue weighted by Gasteiger charge is -2.12. The highest BCUT2D eigenvalue weighted by molar-refractivity contribution is 9.11. The molecular weight excluding hydrogens is 1120 g/mol. The number of halogens is 13. The van der Waals surface area contributed by atoms with Gasteiger partial charge in [0.15, 0.2) is 28.9 Å². The molecule has 0 N–H and O–H groups in total. The average molecular weight is 1150 g/mol. The number of hydrogen-bond donors (Lipinski definition) is 0. The lowest BCUT2D eigenvalue weighted by molar-refractivity contribution is -0.189. The van der Waals surface area contributed by atoms with Crippen LogP contribution in [0.1, 0.15) is 77.5 Å². The summed E-state index contributed by atoms with van der Waals surface area (Å²) in [5, 5.41) is 0.101. The van der Waals surface area contributed by atoms with E-state index in [1.165, 1.54) is 23.8 Å². The van der Waals surface area contributed by atoms with E-state index in [9.17, 15) is 63.5 Å². The van der Waals surface area contributed by atoms with Gasteiger partial charge < -0.3 is 4.74 Å². The Labute approximate surface area is 407 Å². The number of ether oxygens (including phenoxy) is 1. The minimum atomic E-state index is -5.10. The van der Waals surface area contributed by atoms with Gasteiger partial charge in [-0.3, -0.25) is 19.2 Å². The van der Waals surface area contributed by atoms with Crippen LogP contribution in [0.2, 0.25) is 5.02 Å². The predicted octanol–water partition coefficient (Wildman–Crippen LogP) is 14.4. The first-order valence-corrected chi connectivity index (χ1v) is 22.8. The first kappa shape index (κ1) is 51.7. The van der Waals surface area contributed by atoms with Crippen LogP contribution in [0.3, 0.4) is 0 Å². The lowest BCUT2D eigenvalue weighted by atomic mass is 10.0. The highest BCUT2D eigenvalue weighted by atomic mass is 79.9. The molecule has 352 valence electrons. The largest absolute Gasteiger partial charge is 0.491 e. The summed E-state index contributed by atoms with van der Waals surface area (Å²) in [5.74, 6) is -8.50. The summed E-state index contributed by atoms with van der Waals surface area (Å²) in [6.07, 6.45) is -13.3. The lowest BCUT2D eigenvalue weighted by Crippen LogP contribution is -2.28. The van der Waals surface area contributed by atoms with Gasteiger partial charge in [0.25, 0.3) is 0 Å². The zero-order chi connectivity index (χ0) is 49.5. The number of carbonyl (C=O) groups is 5. The Hall–Kier alpha value is -4.65. The summed E-state index contributed by atoms with van der Waals surface area (Å²) in [4.78, 5) is 57.9. The number of ketones is 4. The third-order valence-electron chi connectivity index (χ3n) is 11.3. The molecule has 0 fully saturated rings. The van der Waals surface area contributed by atoms with Crippen molar-refractivity contribution in [1.29, 1.82) is 0 Å². The molecule has 0 saturated heterocycles. The predicted molar refractivity (Wildman–Crippen MR) is 241 cm³/mol. The summed E-state index contributed by atoms with van der Waals surface area (Å²) >= 11 is 15.4. The van der Waals surface area contributed by atoms with E-state index in [0.717, 1.165) is 27.6 Å². The first-order chi connectivity index (χ1) is 31.2. The van der Waals surface area contributed by atoms with Crippen LogP contribution in [-0.4, -0.2) is 47.6 Å². The van der Waals surface area contributed by atoms with Crippen LogP contribution in [-0.2, 0) is 30.5 Å². The maximum absolute atomic E-state index is 12.5. The number of Topliss-reactive ketones (excluding diaryl/α,β-unsaturated/α-hetero) is 4. The quantitative estimate of drug-likeness (QED) is 0.0993. The molecule has 4 aliphatic carbocycles. The van der Waals surface area contributed by atoms with Gasteiger partial charge in [0.05, 0.1) is 15.1 Å². The van der Waals surface area contributed by atoms with Crippen LogP contribution < -0.4 is 4.74 Å². The normalized spacial score (nSPS) is 19.2. The van der Waals surface area contributed by atoms with E-state index >= 15 is 0 Å². The second-order valence-electron chi connectivity index (χ2n) is 15.9. The van der Waals surface area contributed by atoms with Crippen LogP contribution in [0.5, 0.6) is 5.75 Å². The number of hydrogen-bond acceptors (Lipinski definition) is 6. The third-order valence-corrected chi connectivity index (χ3v) is 13.8. The van der Waals surface area contributed by atoms with E-state index in [0.29, 0.717) is 27.6 Å². The molecule has 4 unspecified atom stereocenters. The second-order valence-corrected chi connectivity index (χ2v) is 18.8. The van der Waals surface area contributed by atoms with Crippen LogP contribution >= 0.6 is 59.4 Å². The van der Waals surface area contributed by atoms with Crippen molar-refractivity contribution in [3.05, 3.63) is 154 Å². The van der Waals surface area contributed by atoms with Crippen molar-refractivity contribution >= 4 is 88.5 Å². The Morgan fingerprint density at radius 2 is 1.01 bits per heavy atom. The Balaban J connectivity index is 0.000000148. The third kappa shape index (κ3) is 11.1. The molecule has 5 aromatic carbocycles. The number of benzene rings is 5. The number of fused-ring (bicyclic) bond motifs is 4. The van der Waals surface area contributed by atoms with Crippen molar-refractivity contribution < 1.29 is 68.2 Å². The Morgan fingerprint density at radius 3 is 1.54 bits per heavy atom. The van der Waals surface area contributed by atoms with Gasteiger partial charge >= 0.3 is 24.5 Å². The van der Waals surface area contributed by atoms with E-state index in [2.05, 4.69) is 76.8 Å². The molecule has 9 rings (SSSR count). The van der Waals surface area contributed by atoms with Crippen LogP contribution in [0.4, 0.5) is 39.5 Å². The van der Waals surface area contributed by atoms with Crippen LogP contribution in [0.25, 0.3) is 11.1 Å². The van der Waals surface area contributed by atoms with Gasteiger partial charge in [-0.1, -0.05) is 114 Å². The maximum Gasteiger partial charge on any atom is 0.491 e. The van der Waals surface area contributed by atoms with Gasteiger partial charge in [-0.15, -0.1) is 0 Å². The summed E-state index contributed by atoms with van der Waals surface area (Å²) in [5.41, 5.74) is 5.98. The molecule has 0 aliphatic heterocycles. The van der Waals surface area contributed by atoms with Crippen LogP contribution in [0.15, 0.2) is 104 Å². The van der Waals surface area contributed by atoms with Gasteiger partial charge in [-0.25, -0.2) is 4.79 Å². The molecular formula is C48H33Br3ClF9O6. The van der Waals surface area contributed by atoms with Gasteiger partial charge in [-0.2, -0.15) is 39.5 Å². The van der Waals surface area contributed by atoms with Crippen LogP contribution in [0, 0.1) is 23.7 Å². The smallest absolute Gasteiger partial charge is 0.418 e. The van der Waals surface area contributed by atoms with Crippen molar-refractivity contribution in [2.24, 2.45) is 23.7 Å². The summed E-state index contributed by atoms with van der Waals surface area (Å²) in [6, 6.07) is 26.7. The zero-order valence-electron chi connectivity index (χ0n) is 34.7. The van der Waals surface area contributed by atoms with Gasteiger partial charge in [-0.05, 0) is 109 Å². The minimum Gasteiger partial charge on any atom is -0.418 e. The van der Waals surface area contributed by atoms with E-state index in [1.54, 1.807) is 37.3 Å². The molecule has 0 saturated carbocycles. The molecule has 0 radical (unpaired) electrons. The van der Waals surface area contributed by atoms with E-state index in [-0.39, 0.29) is 68.2 Å². The van der Waals surface area contributed by atoms with Gasteiger partial charge in [0.2, 0.25) is 0 Å². The highest BCUT2D eigenvalue weighted by Gasteiger charge is 2.51. The molecule has 19 heteroatoms. The van der Waals surface area contributed by atoms with Crippen molar-refractivity contribution in [2.75, 3.05) is 0 Å². The fraction of sp³-hybridized carbons (Fsp3) is 0.271. The van der Waals surface area contributed by atoms with E-state index in [1.807, 2.05) is 25.1 Å². The zero-order valence-corrected chi connectivity index (χ0v) is 40.2. The van der Waals surface area contributed by atoms with E-state index in [4.69, 9.17) is 11.6 Å². The van der Waals surface area contributed by atoms with Crippen molar-refractivity contribution in [1.82, 2.24) is 0 Å². The van der Waals surface area contributed by atoms with Gasteiger partial charge in [0.1, 0.15) is 11.8 Å². The number of alkyl halides is 9. The molecule has 0 bridgehead atoms. The summed E-state index contributed by atoms with van der Waals surface area (Å²) in [6.45, 7) is 3.67. The molecule has 5 aromatic rings. The topological polar surface area (TPSA) is 94.6 Å². The fourth-order valence-electron chi connectivity index (χ4n) is 8.05. The molecule has 0 aromatic heterocycles. The van der Waals surface area contributed by atoms with Crippen molar-refractivity contribution in [3.8, 4) is 16.9 Å². The Bertz CT molecular complexity index is 2710. The monoisotopic (exact) mass is 1150 g/mol. The summed E-state index contributed by atoms with van der Waals surface area (Å²) in [7, 11) is 0. The minimum absolute atomic E-state index is 0.0292. The Kier molecular flexibility index (Phi) is 15.5. The second kappa shape index (κ2) is 20.1. The van der Waals surface area contributed by atoms with Crippen molar-refractivity contribution in [2.45, 2.75) is 58.1 Å².